The highest BCUT2D eigenvalue weighted by Crippen LogP contribution is 2.31. The Balaban J connectivity index is 1.86. The van der Waals surface area contributed by atoms with Crippen LogP contribution in [0.2, 0.25) is 0 Å². The number of ether oxygens (including phenoxy) is 2. The number of amides is 1. The molecule has 1 fully saturated rings. The Morgan fingerprint density at radius 1 is 1.44 bits per heavy atom. The molecule has 2 aromatic rings. The summed E-state index contributed by atoms with van der Waals surface area (Å²) in [5.74, 6) is 1.18. The van der Waals surface area contributed by atoms with Crippen molar-refractivity contribution in [3.05, 3.63) is 30.0 Å². The summed E-state index contributed by atoms with van der Waals surface area (Å²) in [5, 5.41) is 5.05. The van der Waals surface area contributed by atoms with Crippen molar-refractivity contribution in [3.8, 4) is 11.6 Å². The lowest BCUT2D eigenvalue weighted by Crippen LogP contribution is -2.15. The van der Waals surface area contributed by atoms with E-state index in [4.69, 9.17) is 15.2 Å². The third-order valence-corrected chi connectivity index (χ3v) is 4.38. The second kappa shape index (κ2) is 7.70. The van der Waals surface area contributed by atoms with E-state index in [0.717, 1.165) is 30.3 Å². The number of fused-ring (bicyclic) bond motifs is 1. The van der Waals surface area contributed by atoms with Crippen LogP contribution in [0.4, 0.5) is 0 Å². The molecule has 0 spiro atoms. The monoisotopic (exact) mass is 343 g/mol. The summed E-state index contributed by atoms with van der Waals surface area (Å²) in [4.78, 5) is 16.1. The van der Waals surface area contributed by atoms with E-state index in [1.807, 2.05) is 19.9 Å². The first kappa shape index (κ1) is 17.5. The van der Waals surface area contributed by atoms with Crippen molar-refractivity contribution in [2.75, 3.05) is 19.7 Å². The molecule has 134 valence electrons. The van der Waals surface area contributed by atoms with E-state index in [9.17, 15) is 4.79 Å². The number of nitrogens with one attached hydrogen (secondary N) is 1. The van der Waals surface area contributed by atoms with E-state index in [1.54, 1.807) is 18.3 Å². The predicted octanol–water partition coefficient (Wildman–Crippen LogP) is 2.50. The van der Waals surface area contributed by atoms with Gasteiger partial charge in [-0.15, -0.1) is 0 Å². The fourth-order valence-corrected chi connectivity index (χ4v) is 3.12. The highest BCUT2D eigenvalue weighted by molar-refractivity contribution is 6.01. The lowest BCUT2D eigenvalue weighted by molar-refractivity contribution is 0.0994. The minimum absolute atomic E-state index is 0.0635. The van der Waals surface area contributed by atoms with Gasteiger partial charge in [0.25, 0.3) is 5.91 Å². The normalized spacial score (nSPS) is 17.2. The van der Waals surface area contributed by atoms with Crippen molar-refractivity contribution < 1.29 is 14.3 Å². The summed E-state index contributed by atoms with van der Waals surface area (Å²) < 4.78 is 11.7. The fraction of sp³-hybridized carbons (Fsp3) is 0.474. The molecule has 6 heteroatoms. The van der Waals surface area contributed by atoms with Gasteiger partial charge in [0.1, 0.15) is 5.75 Å². The first-order chi connectivity index (χ1) is 12.0. The third kappa shape index (κ3) is 4.20. The lowest BCUT2D eigenvalue weighted by atomic mass is 10.1. The summed E-state index contributed by atoms with van der Waals surface area (Å²) in [7, 11) is 0. The number of carbonyl (C=O) groups is 1. The van der Waals surface area contributed by atoms with E-state index in [-0.39, 0.29) is 6.10 Å². The van der Waals surface area contributed by atoms with Gasteiger partial charge < -0.3 is 20.5 Å². The van der Waals surface area contributed by atoms with Crippen LogP contribution in [0.25, 0.3) is 10.8 Å². The predicted molar refractivity (Wildman–Crippen MR) is 97.1 cm³/mol. The fourth-order valence-electron chi connectivity index (χ4n) is 3.12. The number of primary amides is 1. The van der Waals surface area contributed by atoms with Crippen LogP contribution in [0.15, 0.2) is 24.4 Å². The number of hydrogen-bond acceptors (Lipinski definition) is 5. The lowest BCUT2D eigenvalue weighted by Gasteiger charge is -2.15. The average molecular weight is 343 g/mol. The maximum absolute atomic E-state index is 11.7. The molecule has 6 nitrogen and oxygen atoms in total. The smallest absolute Gasteiger partial charge is 0.252 e. The van der Waals surface area contributed by atoms with Crippen LogP contribution in [0.1, 0.15) is 37.0 Å². The van der Waals surface area contributed by atoms with Crippen LogP contribution < -0.4 is 20.5 Å². The zero-order valence-electron chi connectivity index (χ0n) is 14.7. The molecule has 1 atom stereocenters. The molecule has 1 aromatic heterocycles. The summed E-state index contributed by atoms with van der Waals surface area (Å²) >= 11 is 0. The first-order valence-electron chi connectivity index (χ1n) is 8.77. The van der Waals surface area contributed by atoms with Crippen molar-refractivity contribution in [2.45, 2.75) is 32.8 Å². The van der Waals surface area contributed by atoms with Crippen LogP contribution >= 0.6 is 0 Å². The van der Waals surface area contributed by atoms with Crippen LogP contribution in [-0.4, -0.2) is 36.7 Å². The van der Waals surface area contributed by atoms with E-state index in [1.165, 1.54) is 6.42 Å². The number of rotatable bonds is 7. The second-order valence-corrected chi connectivity index (χ2v) is 6.71. The SMILES string of the molecule is CC(C)Oc1cc2c(OCC[C@@H]3CCNC3)nccc2cc1C(N)=O. The summed E-state index contributed by atoms with van der Waals surface area (Å²) in [6, 6.07) is 5.38. The molecular weight excluding hydrogens is 318 g/mol. The Labute approximate surface area is 147 Å². The Kier molecular flexibility index (Phi) is 5.38. The third-order valence-electron chi connectivity index (χ3n) is 4.38. The first-order valence-corrected chi connectivity index (χ1v) is 8.77. The van der Waals surface area contributed by atoms with Gasteiger partial charge in [-0.25, -0.2) is 4.98 Å². The number of nitrogens with zero attached hydrogens (tertiary/aromatic N) is 1. The van der Waals surface area contributed by atoms with Gasteiger partial charge in [-0.3, -0.25) is 4.79 Å². The van der Waals surface area contributed by atoms with Crippen LogP contribution in [0, 0.1) is 5.92 Å². The summed E-state index contributed by atoms with van der Waals surface area (Å²) in [6.45, 7) is 6.58. The van der Waals surface area contributed by atoms with Gasteiger partial charge in [0, 0.05) is 11.6 Å². The minimum atomic E-state index is -0.509. The van der Waals surface area contributed by atoms with Gasteiger partial charge in [0.05, 0.1) is 18.3 Å². The Morgan fingerprint density at radius 2 is 2.28 bits per heavy atom. The zero-order valence-corrected chi connectivity index (χ0v) is 14.7. The van der Waals surface area contributed by atoms with Crippen molar-refractivity contribution in [1.29, 1.82) is 0 Å². The van der Waals surface area contributed by atoms with Crippen molar-refractivity contribution in [2.24, 2.45) is 11.7 Å². The van der Waals surface area contributed by atoms with Gasteiger partial charge in [-0.2, -0.15) is 0 Å². The number of pyridine rings is 1. The second-order valence-electron chi connectivity index (χ2n) is 6.71. The Hall–Kier alpha value is -2.34. The molecule has 1 aliphatic heterocycles. The van der Waals surface area contributed by atoms with Crippen molar-refractivity contribution >= 4 is 16.7 Å². The van der Waals surface area contributed by atoms with Crippen LogP contribution in [-0.2, 0) is 0 Å². The largest absolute Gasteiger partial charge is 0.490 e. The average Bonchev–Trinajstić information content (AvgIpc) is 3.07. The minimum Gasteiger partial charge on any atom is -0.490 e. The molecule has 0 aliphatic carbocycles. The van der Waals surface area contributed by atoms with Gasteiger partial charge in [-0.1, -0.05) is 0 Å². The van der Waals surface area contributed by atoms with E-state index >= 15 is 0 Å². The molecule has 1 amide bonds. The molecule has 0 bridgehead atoms. The molecular formula is C19H25N3O3. The van der Waals surface area contributed by atoms with Gasteiger partial charge in [-0.05, 0) is 69.3 Å². The molecule has 0 unspecified atom stereocenters. The highest BCUT2D eigenvalue weighted by atomic mass is 16.5. The van der Waals surface area contributed by atoms with E-state index in [2.05, 4.69) is 10.3 Å². The molecule has 3 rings (SSSR count). The quantitative estimate of drug-likeness (QED) is 0.807. The number of benzene rings is 1. The number of hydrogen-bond donors (Lipinski definition) is 2. The number of nitrogens with two attached hydrogens (primary N) is 1. The molecule has 1 aliphatic rings. The van der Waals surface area contributed by atoms with E-state index in [0.29, 0.717) is 29.7 Å². The van der Waals surface area contributed by atoms with Crippen LogP contribution in [0.5, 0.6) is 11.6 Å². The maximum atomic E-state index is 11.7. The Bertz CT molecular complexity index is 755. The van der Waals surface area contributed by atoms with Crippen molar-refractivity contribution in [1.82, 2.24) is 10.3 Å². The summed E-state index contributed by atoms with van der Waals surface area (Å²) in [5.41, 5.74) is 5.87. The van der Waals surface area contributed by atoms with Gasteiger partial charge >= 0.3 is 0 Å². The van der Waals surface area contributed by atoms with Gasteiger partial charge in [0.15, 0.2) is 0 Å². The Morgan fingerprint density at radius 3 is 2.96 bits per heavy atom. The summed E-state index contributed by atoms with van der Waals surface area (Å²) in [6.07, 6.45) is 3.81. The number of carbonyl (C=O) groups excluding carboxylic acids is 1. The van der Waals surface area contributed by atoms with Gasteiger partial charge in [0.2, 0.25) is 5.88 Å². The molecule has 0 radical (unpaired) electrons. The van der Waals surface area contributed by atoms with Crippen LogP contribution in [0.3, 0.4) is 0 Å². The van der Waals surface area contributed by atoms with E-state index < -0.39 is 5.91 Å². The molecule has 1 aromatic carbocycles. The standard InChI is InChI=1S/C19H25N3O3/c1-12(2)25-17-10-15-14(9-16(17)18(20)23)4-7-22-19(15)24-8-5-13-3-6-21-11-13/h4,7,9-10,12-13,21H,3,5-6,8,11H2,1-2H3,(H2,20,23)/t13-/m0/s1. The zero-order chi connectivity index (χ0) is 17.8. The topological polar surface area (TPSA) is 86.5 Å². The molecule has 0 saturated carbocycles. The molecule has 1 saturated heterocycles. The maximum Gasteiger partial charge on any atom is 0.252 e. The molecule has 25 heavy (non-hydrogen) atoms. The number of aromatic nitrogens is 1. The highest BCUT2D eigenvalue weighted by Gasteiger charge is 2.17. The molecule has 2 heterocycles. The van der Waals surface area contributed by atoms with Crippen molar-refractivity contribution in [3.63, 3.8) is 0 Å². The molecule has 3 N–H and O–H groups in total.